The minimum atomic E-state index is -0.495. The lowest BCUT2D eigenvalue weighted by molar-refractivity contribution is -0.117. The van der Waals surface area contributed by atoms with Crippen LogP contribution in [0.15, 0.2) is 35.7 Å². The van der Waals surface area contributed by atoms with Crippen LogP contribution in [-0.4, -0.2) is 24.2 Å². The van der Waals surface area contributed by atoms with Crippen molar-refractivity contribution in [3.05, 3.63) is 42.0 Å². The SMILES string of the molecule is C=CCNC(=O)NC(=O)CSc1ccc(C)c(C)c1. The molecule has 0 spiro atoms. The number of aryl methyl sites for hydroxylation is 2. The van der Waals surface area contributed by atoms with Crippen LogP contribution in [0.3, 0.4) is 0 Å². The van der Waals surface area contributed by atoms with Crippen LogP contribution in [0, 0.1) is 13.8 Å². The largest absolute Gasteiger partial charge is 0.334 e. The molecule has 1 rings (SSSR count). The molecule has 5 heteroatoms. The molecule has 0 radical (unpaired) electrons. The lowest BCUT2D eigenvalue weighted by atomic mass is 10.1. The standard InChI is InChI=1S/C14H18N2O2S/c1-4-7-15-14(18)16-13(17)9-19-12-6-5-10(2)11(3)8-12/h4-6,8H,1,7,9H2,2-3H3,(H2,15,16,17,18). The van der Waals surface area contributed by atoms with Gasteiger partial charge in [0.2, 0.25) is 5.91 Å². The molecular weight excluding hydrogens is 260 g/mol. The summed E-state index contributed by atoms with van der Waals surface area (Å²) in [6, 6.07) is 5.53. The van der Waals surface area contributed by atoms with Gasteiger partial charge in [-0.15, -0.1) is 18.3 Å². The second kappa shape index (κ2) is 7.63. The quantitative estimate of drug-likeness (QED) is 0.642. The van der Waals surface area contributed by atoms with Crippen molar-refractivity contribution in [1.29, 1.82) is 0 Å². The Morgan fingerprint density at radius 1 is 1.32 bits per heavy atom. The first-order valence-corrected chi connectivity index (χ1v) is 6.90. The summed E-state index contributed by atoms with van der Waals surface area (Å²) in [4.78, 5) is 23.8. The molecular formula is C14H18N2O2S. The Kier molecular flexibility index (Phi) is 6.15. The van der Waals surface area contributed by atoms with Crippen LogP contribution >= 0.6 is 11.8 Å². The third-order valence-electron chi connectivity index (χ3n) is 2.51. The second-order valence-electron chi connectivity index (χ2n) is 4.08. The lowest BCUT2D eigenvalue weighted by Gasteiger charge is -2.06. The van der Waals surface area contributed by atoms with E-state index in [0.29, 0.717) is 6.54 Å². The summed E-state index contributed by atoms with van der Waals surface area (Å²) in [6.45, 7) is 7.88. The summed E-state index contributed by atoms with van der Waals surface area (Å²) < 4.78 is 0. The normalized spacial score (nSPS) is 9.79. The van der Waals surface area contributed by atoms with E-state index in [9.17, 15) is 9.59 Å². The molecule has 102 valence electrons. The number of carbonyl (C=O) groups excluding carboxylic acids is 2. The maximum absolute atomic E-state index is 11.5. The van der Waals surface area contributed by atoms with E-state index in [-0.39, 0.29) is 11.7 Å². The van der Waals surface area contributed by atoms with Crippen molar-refractivity contribution in [1.82, 2.24) is 10.6 Å². The Labute approximate surface area is 117 Å². The van der Waals surface area contributed by atoms with Crippen LogP contribution in [0.2, 0.25) is 0 Å². The first kappa shape index (κ1) is 15.3. The van der Waals surface area contributed by atoms with E-state index in [2.05, 4.69) is 17.2 Å². The number of carbonyl (C=O) groups is 2. The van der Waals surface area contributed by atoms with Crippen LogP contribution in [-0.2, 0) is 4.79 Å². The highest BCUT2D eigenvalue weighted by molar-refractivity contribution is 8.00. The zero-order valence-corrected chi connectivity index (χ0v) is 12.0. The maximum Gasteiger partial charge on any atom is 0.321 e. The number of hydrogen-bond donors (Lipinski definition) is 2. The van der Waals surface area contributed by atoms with Gasteiger partial charge in [0, 0.05) is 11.4 Å². The highest BCUT2D eigenvalue weighted by Crippen LogP contribution is 2.20. The third-order valence-corrected chi connectivity index (χ3v) is 3.50. The Bertz CT molecular complexity index is 486. The molecule has 0 unspecified atom stereocenters. The fourth-order valence-corrected chi connectivity index (χ4v) is 2.12. The smallest absolute Gasteiger partial charge is 0.321 e. The van der Waals surface area contributed by atoms with Crippen molar-refractivity contribution >= 4 is 23.7 Å². The Morgan fingerprint density at radius 2 is 2.05 bits per heavy atom. The molecule has 1 aromatic rings. The highest BCUT2D eigenvalue weighted by Gasteiger charge is 2.07. The van der Waals surface area contributed by atoms with Crippen LogP contribution in [0.5, 0.6) is 0 Å². The van der Waals surface area contributed by atoms with E-state index in [0.717, 1.165) is 4.90 Å². The van der Waals surface area contributed by atoms with Crippen molar-refractivity contribution in [3.8, 4) is 0 Å². The Hall–Kier alpha value is -1.75. The molecule has 2 N–H and O–H groups in total. The summed E-state index contributed by atoms with van der Waals surface area (Å²) in [6.07, 6.45) is 1.55. The zero-order chi connectivity index (χ0) is 14.3. The Balaban J connectivity index is 2.39. The van der Waals surface area contributed by atoms with Crippen LogP contribution < -0.4 is 10.6 Å². The molecule has 0 saturated carbocycles. The summed E-state index contributed by atoms with van der Waals surface area (Å²) in [5.41, 5.74) is 2.41. The van der Waals surface area contributed by atoms with Gasteiger partial charge < -0.3 is 5.32 Å². The zero-order valence-electron chi connectivity index (χ0n) is 11.2. The molecule has 19 heavy (non-hydrogen) atoms. The minimum absolute atomic E-state index is 0.212. The Morgan fingerprint density at radius 3 is 2.68 bits per heavy atom. The van der Waals surface area contributed by atoms with Gasteiger partial charge in [-0.2, -0.15) is 0 Å². The number of imide groups is 1. The first-order chi connectivity index (χ1) is 9.02. The van der Waals surface area contributed by atoms with Crippen molar-refractivity contribution in [2.24, 2.45) is 0 Å². The van der Waals surface area contributed by atoms with Crippen molar-refractivity contribution in [3.63, 3.8) is 0 Å². The summed E-state index contributed by atoms with van der Waals surface area (Å²) >= 11 is 1.41. The van der Waals surface area contributed by atoms with Gasteiger partial charge in [-0.05, 0) is 37.1 Å². The predicted molar refractivity (Wildman–Crippen MR) is 78.4 cm³/mol. The van der Waals surface area contributed by atoms with E-state index in [1.54, 1.807) is 6.08 Å². The molecule has 0 atom stereocenters. The third kappa shape index (κ3) is 5.61. The second-order valence-corrected chi connectivity index (χ2v) is 5.13. The van der Waals surface area contributed by atoms with Crippen molar-refractivity contribution < 1.29 is 9.59 Å². The summed E-state index contributed by atoms with van der Waals surface area (Å²) in [7, 11) is 0. The lowest BCUT2D eigenvalue weighted by Crippen LogP contribution is -2.40. The molecule has 0 bridgehead atoms. The number of amides is 3. The number of hydrogen-bond acceptors (Lipinski definition) is 3. The van der Waals surface area contributed by atoms with Gasteiger partial charge in [0.1, 0.15) is 0 Å². The van der Waals surface area contributed by atoms with E-state index in [1.807, 2.05) is 32.0 Å². The van der Waals surface area contributed by atoms with E-state index >= 15 is 0 Å². The number of benzene rings is 1. The van der Waals surface area contributed by atoms with Gasteiger partial charge in [-0.3, -0.25) is 10.1 Å². The number of thioether (sulfide) groups is 1. The average Bonchev–Trinajstić information content (AvgIpc) is 2.38. The molecule has 0 heterocycles. The van der Waals surface area contributed by atoms with Crippen molar-refractivity contribution in [2.45, 2.75) is 18.7 Å². The molecule has 0 aromatic heterocycles. The first-order valence-electron chi connectivity index (χ1n) is 5.91. The fourth-order valence-electron chi connectivity index (χ4n) is 1.32. The number of rotatable bonds is 5. The summed E-state index contributed by atoms with van der Waals surface area (Å²) in [5.74, 6) is -0.103. The minimum Gasteiger partial charge on any atom is -0.334 e. The van der Waals surface area contributed by atoms with Crippen LogP contribution in [0.25, 0.3) is 0 Å². The number of nitrogens with one attached hydrogen (secondary N) is 2. The van der Waals surface area contributed by atoms with Gasteiger partial charge in [-0.25, -0.2) is 4.79 Å². The van der Waals surface area contributed by atoms with Crippen LogP contribution in [0.1, 0.15) is 11.1 Å². The topological polar surface area (TPSA) is 58.2 Å². The summed E-state index contributed by atoms with van der Waals surface area (Å²) in [5, 5.41) is 4.73. The van der Waals surface area contributed by atoms with Crippen molar-refractivity contribution in [2.75, 3.05) is 12.3 Å². The van der Waals surface area contributed by atoms with Gasteiger partial charge in [0.25, 0.3) is 0 Å². The molecule has 0 aliphatic carbocycles. The van der Waals surface area contributed by atoms with E-state index < -0.39 is 6.03 Å². The monoisotopic (exact) mass is 278 g/mol. The van der Waals surface area contributed by atoms with Gasteiger partial charge >= 0.3 is 6.03 Å². The predicted octanol–water partition coefficient (Wildman–Crippen LogP) is 2.41. The van der Waals surface area contributed by atoms with E-state index in [4.69, 9.17) is 0 Å². The highest BCUT2D eigenvalue weighted by atomic mass is 32.2. The average molecular weight is 278 g/mol. The van der Waals surface area contributed by atoms with Gasteiger partial charge in [0.15, 0.2) is 0 Å². The molecule has 0 fully saturated rings. The molecule has 4 nitrogen and oxygen atoms in total. The fraction of sp³-hybridized carbons (Fsp3) is 0.286. The van der Waals surface area contributed by atoms with E-state index in [1.165, 1.54) is 22.9 Å². The van der Waals surface area contributed by atoms with Gasteiger partial charge in [0.05, 0.1) is 5.75 Å². The van der Waals surface area contributed by atoms with Gasteiger partial charge in [-0.1, -0.05) is 12.1 Å². The van der Waals surface area contributed by atoms with Crippen LogP contribution in [0.4, 0.5) is 4.79 Å². The molecule has 0 aliphatic rings. The molecule has 0 aliphatic heterocycles. The molecule has 0 saturated heterocycles. The molecule has 1 aromatic carbocycles. The number of urea groups is 1. The molecule has 3 amide bonds. The maximum atomic E-state index is 11.5.